The molecule has 0 aromatic heterocycles. The van der Waals surface area contributed by atoms with Crippen molar-refractivity contribution in [3.63, 3.8) is 0 Å². The summed E-state index contributed by atoms with van der Waals surface area (Å²) in [6.07, 6.45) is 0. The number of piperazine rings is 1. The Morgan fingerprint density at radius 1 is 0.931 bits per heavy atom. The molecule has 0 radical (unpaired) electrons. The van der Waals surface area contributed by atoms with Gasteiger partial charge in [0.1, 0.15) is 12.4 Å². The lowest BCUT2D eigenvalue weighted by atomic mass is 10.1. The lowest BCUT2D eigenvalue weighted by Gasteiger charge is -2.34. The van der Waals surface area contributed by atoms with Crippen molar-refractivity contribution in [2.45, 2.75) is 13.2 Å². The minimum Gasteiger partial charge on any atom is -0.460 e. The third kappa shape index (κ3) is 5.99. The maximum atomic E-state index is 12.7. The number of carbonyl (C=O) groups excluding carboxylic acids is 2. The number of alkyl halides is 2. The zero-order valence-electron chi connectivity index (χ0n) is 15.8. The molecule has 1 amide bonds. The first-order valence-electron chi connectivity index (χ1n) is 9.28. The maximum Gasteiger partial charge on any atom is 0.387 e. The highest BCUT2D eigenvalue weighted by Crippen LogP contribution is 2.22. The van der Waals surface area contributed by atoms with Crippen LogP contribution in [0.5, 0.6) is 5.75 Å². The van der Waals surface area contributed by atoms with E-state index in [1.54, 1.807) is 11.0 Å². The van der Waals surface area contributed by atoms with Gasteiger partial charge in [-0.3, -0.25) is 14.5 Å². The Bertz CT molecular complexity index is 824. The van der Waals surface area contributed by atoms with E-state index in [1.165, 1.54) is 18.2 Å². The van der Waals surface area contributed by atoms with E-state index in [0.29, 0.717) is 26.2 Å². The van der Waals surface area contributed by atoms with E-state index >= 15 is 0 Å². The summed E-state index contributed by atoms with van der Waals surface area (Å²) in [7, 11) is 0. The first kappa shape index (κ1) is 20.7. The molecule has 1 saturated heterocycles. The Morgan fingerprint density at radius 3 is 2.28 bits per heavy atom. The number of hydrogen-bond acceptors (Lipinski definition) is 5. The number of benzene rings is 2. The zero-order chi connectivity index (χ0) is 20.6. The van der Waals surface area contributed by atoms with Gasteiger partial charge in [-0.25, -0.2) is 0 Å². The molecule has 3 rings (SSSR count). The van der Waals surface area contributed by atoms with Crippen LogP contribution in [0.2, 0.25) is 0 Å². The van der Waals surface area contributed by atoms with Crippen molar-refractivity contribution in [2.75, 3.05) is 32.7 Å². The van der Waals surface area contributed by atoms with Crippen LogP contribution < -0.4 is 4.74 Å². The van der Waals surface area contributed by atoms with Gasteiger partial charge in [0.25, 0.3) is 5.91 Å². The minimum atomic E-state index is -3.00. The van der Waals surface area contributed by atoms with Crippen molar-refractivity contribution >= 4 is 11.9 Å². The second-order valence-corrected chi connectivity index (χ2v) is 6.59. The van der Waals surface area contributed by atoms with Gasteiger partial charge in [0, 0.05) is 26.2 Å². The van der Waals surface area contributed by atoms with Crippen LogP contribution in [0.4, 0.5) is 8.78 Å². The summed E-state index contributed by atoms with van der Waals surface area (Å²) in [5.41, 5.74) is 1.02. The number of halogens is 2. The molecule has 0 bridgehead atoms. The molecule has 0 aliphatic carbocycles. The van der Waals surface area contributed by atoms with E-state index in [9.17, 15) is 18.4 Å². The molecule has 8 heteroatoms. The van der Waals surface area contributed by atoms with Crippen molar-refractivity contribution in [2.24, 2.45) is 0 Å². The van der Waals surface area contributed by atoms with Crippen molar-refractivity contribution in [1.29, 1.82) is 0 Å². The molecule has 0 N–H and O–H groups in total. The van der Waals surface area contributed by atoms with Crippen LogP contribution in [0.15, 0.2) is 54.6 Å². The molecule has 1 fully saturated rings. The Kier molecular flexibility index (Phi) is 7.13. The molecule has 0 unspecified atom stereocenters. The highest BCUT2D eigenvalue weighted by atomic mass is 19.3. The molecule has 2 aromatic rings. The van der Waals surface area contributed by atoms with E-state index < -0.39 is 6.61 Å². The topological polar surface area (TPSA) is 59.1 Å². The second kappa shape index (κ2) is 9.97. The Hall–Kier alpha value is -3.00. The molecule has 154 valence electrons. The zero-order valence-corrected chi connectivity index (χ0v) is 15.8. The first-order valence-corrected chi connectivity index (χ1v) is 9.28. The van der Waals surface area contributed by atoms with E-state index in [0.717, 1.165) is 5.56 Å². The molecule has 0 spiro atoms. The highest BCUT2D eigenvalue weighted by molar-refractivity contribution is 5.97. The molecule has 6 nitrogen and oxygen atoms in total. The predicted molar refractivity (Wildman–Crippen MR) is 102 cm³/mol. The van der Waals surface area contributed by atoms with Crippen molar-refractivity contribution in [3.8, 4) is 5.75 Å². The molecule has 0 saturated carbocycles. The van der Waals surface area contributed by atoms with Crippen molar-refractivity contribution in [3.05, 3.63) is 65.7 Å². The summed E-state index contributed by atoms with van der Waals surface area (Å²) in [5.74, 6) is -0.837. The smallest absolute Gasteiger partial charge is 0.387 e. The summed E-state index contributed by atoms with van der Waals surface area (Å²) in [6.45, 7) is -0.892. The molecule has 2 aromatic carbocycles. The third-order valence-electron chi connectivity index (χ3n) is 4.59. The lowest BCUT2D eigenvalue weighted by molar-refractivity contribution is -0.146. The van der Waals surface area contributed by atoms with Gasteiger partial charge in [0.15, 0.2) is 0 Å². The summed E-state index contributed by atoms with van der Waals surface area (Å²) >= 11 is 0. The molecular weight excluding hydrogens is 382 g/mol. The fourth-order valence-corrected chi connectivity index (χ4v) is 3.09. The number of nitrogens with zero attached hydrogens (tertiary/aromatic N) is 2. The van der Waals surface area contributed by atoms with Crippen LogP contribution in [-0.2, 0) is 16.1 Å². The lowest BCUT2D eigenvalue weighted by Crippen LogP contribution is -2.50. The number of para-hydroxylation sites is 1. The number of amides is 1. The predicted octanol–water partition coefficient (Wildman–Crippen LogP) is 2.79. The number of hydrogen-bond donors (Lipinski definition) is 0. The highest BCUT2D eigenvalue weighted by Gasteiger charge is 2.26. The maximum absolute atomic E-state index is 12.7. The second-order valence-electron chi connectivity index (χ2n) is 6.59. The molecule has 0 atom stereocenters. The Morgan fingerprint density at radius 2 is 1.59 bits per heavy atom. The molecule has 1 aliphatic rings. The van der Waals surface area contributed by atoms with Gasteiger partial charge in [-0.05, 0) is 17.7 Å². The Labute approximate surface area is 167 Å². The number of ether oxygens (including phenoxy) is 2. The van der Waals surface area contributed by atoms with Gasteiger partial charge in [0.2, 0.25) is 0 Å². The largest absolute Gasteiger partial charge is 0.460 e. The van der Waals surface area contributed by atoms with Gasteiger partial charge in [0.05, 0.1) is 12.1 Å². The summed E-state index contributed by atoms with van der Waals surface area (Å²) < 4.78 is 34.8. The molecule has 29 heavy (non-hydrogen) atoms. The average Bonchev–Trinajstić information content (AvgIpc) is 2.73. The molecule has 1 heterocycles. The molecular formula is C21H22F2N2O4. The van der Waals surface area contributed by atoms with Gasteiger partial charge in [-0.15, -0.1) is 0 Å². The van der Waals surface area contributed by atoms with Gasteiger partial charge in [-0.2, -0.15) is 8.78 Å². The van der Waals surface area contributed by atoms with Gasteiger partial charge >= 0.3 is 12.6 Å². The van der Waals surface area contributed by atoms with Crippen LogP contribution in [0.1, 0.15) is 15.9 Å². The van der Waals surface area contributed by atoms with Crippen molar-refractivity contribution < 1.29 is 27.8 Å². The third-order valence-corrected chi connectivity index (χ3v) is 4.59. The normalized spacial score (nSPS) is 14.7. The van der Waals surface area contributed by atoms with Crippen LogP contribution in [0.25, 0.3) is 0 Å². The number of carbonyl (C=O) groups is 2. The summed E-state index contributed by atoms with van der Waals surface area (Å²) in [4.78, 5) is 28.2. The van der Waals surface area contributed by atoms with Crippen LogP contribution in [-0.4, -0.2) is 61.0 Å². The van der Waals surface area contributed by atoms with Crippen LogP contribution in [0.3, 0.4) is 0 Å². The van der Waals surface area contributed by atoms with Gasteiger partial charge in [-0.1, -0.05) is 42.5 Å². The first-order chi connectivity index (χ1) is 14.0. The number of esters is 1. The standard InChI is InChI=1S/C21H22F2N2O4/c22-21(23)29-18-9-5-4-8-17(18)20(27)25-12-10-24(11-13-25)14-19(26)28-15-16-6-2-1-3-7-16/h1-9,21H,10-15H2. The average molecular weight is 404 g/mol. The fraction of sp³-hybridized carbons (Fsp3) is 0.333. The van der Waals surface area contributed by atoms with E-state index in [-0.39, 0.29) is 36.3 Å². The summed E-state index contributed by atoms with van der Waals surface area (Å²) in [5, 5.41) is 0. The van der Waals surface area contributed by atoms with Crippen molar-refractivity contribution in [1.82, 2.24) is 9.80 Å². The SMILES string of the molecule is O=C(CN1CCN(C(=O)c2ccccc2OC(F)F)CC1)OCc1ccccc1. The quantitative estimate of drug-likeness (QED) is 0.665. The molecule has 1 aliphatic heterocycles. The van der Waals surface area contributed by atoms with E-state index in [4.69, 9.17) is 4.74 Å². The van der Waals surface area contributed by atoms with Crippen LogP contribution >= 0.6 is 0 Å². The van der Waals surface area contributed by atoms with E-state index in [2.05, 4.69) is 4.74 Å². The van der Waals surface area contributed by atoms with Gasteiger partial charge < -0.3 is 14.4 Å². The fourth-order valence-electron chi connectivity index (χ4n) is 3.09. The van der Waals surface area contributed by atoms with E-state index in [1.807, 2.05) is 35.2 Å². The minimum absolute atomic E-state index is 0.100. The summed E-state index contributed by atoms with van der Waals surface area (Å²) in [6, 6.07) is 15.4. The Balaban J connectivity index is 1.48. The number of rotatable bonds is 7. The van der Waals surface area contributed by atoms with Crippen LogP contribution in [0, 0.1) is 0 Å². The monoisotopic (exact) mass is 404 g/mol.